The van der Waals surface area contributed by atoms with E-state index in [1.54, 1.807) is 6.07 Å². The van der Waals surface area contributed by atoms with Crippen molar-refractivity contribution >= 4 is 15.9 Å². The maximum absolute atomic E-state index is 13.7. The second-order valence-corrected chi connectivity index (χ2v) is 5.86. The van der Waals surface area contributed by atoms with Crippen molar-refractivity contribution in [3.63, 3.8) is 0 Å². The van der Waals surface area contributed by atoms with Crippen LogP contribution in [0.4, 0.5) is 4.39 Å². The number of benzene rings is 1. The maximum atomic E-state index is 13.7. The van der Waals surface area contributed by atoms with E-state index in [0.717, 1.165) is 29.5 Å². The Labute approximate surface area is 118 Å². The van der Waals surface area contributed by atoms with Crippen molar-refractivity contribution < 1.29 is 4.39 Å². The van der Waals surface area contributed by atoms with Crippen LogP contribution in [-0.2, 0) is 6.42 Å². The molecule has 3 heteroatoms. The van der Waals surface area contributed by atoms with Gasteiger partial charge in [-0.1, -0.05) is 35.9 Å². The van der Waals surface area contributed by atoms with Gasteiger partial charge in [-0.15, -0.1) is 6.58 Å². The molecule has 1 rings (SSSR count). The summed E-state index contributed by atoms with van der Waals surface area (Å²) in [7, 11) is 0. The van der Waals surface area contributed by atoms with Crippen molar-refractivity contribution in [1.82, 2.24) is 5.32 Å². The molecule has 1 atom stereocenters. The summed E-state index contributed by atoms with van der Waals surface area (Å²) in [5.74, 6) is -0.151. The molecule has 0 aliphatic rings. The van der Waals surface area contributed by atoms with Gasteiger partial charge in [0.25, 0.3) is 0 Å². The highest BCUT2D eigenvalue weighted by Crippen LogP contribution is 2.26. The van der Waals surface area contributed by atoms with Gasteiger partial charge < -0.3 is 5.32 Å². The fourth-order valence-corrected chi connectivity index (χ4v) is 2.28. The van der Waals surface area contributed by atoms with Crippen LogP contribution >= 0.6 is 15.9 Å². The molecular weight excluding hydrogens is 293 g/mol. The van der Waals surface area contributed by atoms with Gasteiger partial charge in [-0.2, -0.15) is 0 Å². The highest BCUT2D eigenvalue weighted by molar-refractivity contribution is 9.10. The van der Waals surface area contributed by atoms with Gasteiger partial charge in [-0.25, -0.2) is 4.39 Å². The van der Waals surface area contributed by atoms with E-state index in [9.17, 15) is 4.39 Å². The zero-order chi connectivity index (χ0) is 13.6. The lowest BCUT2D eigenvalue weighted by atomic mass is 9.83. The van der Waals surface area contributed by atoms with Gasteiger partial charge in [0.2, 0.25) is 0 Å². The van der Waals surface area contributed by atoms with Crippen molar-refractivity contribution in [3.05, 3.63) is 46.7 Å². The quantitative estimate of drug-likeness (QED) is 0.584. The zero-order valence-corrected chi connectivity index (χ0v) is 12.7. The molecule has 0 saturated heterocycles. The summed E-state index contributed by atoms with van der Waals surface area (Å²) in [5.41, 5.74) is 0.599. The van der Waals surface area contributed by atoms with Gasteiger partial charge in [-0.3, -0.25) is 0 Å². The van der Waals surface area contributed by atoms with E-state index in [1.165, 1.54) is 6.07 Å². The molecule has 1 N–H and O–H groups in total. The average Bonchev–Trinajstić information content (AvgIpc) is 2.34. The third kappa shape index (κ3) is 4.54. The van der Waals surface area contributed by atoms with Crippen molar-refractivity contribution in [2.45, 2.75) is 26.7 Å². The summed E-state index contributed by atoms with van der Waals surface area (Å²) >= 11 is 3.38. The number of hydrogen-bond donors (Lipinski definition) is 1. The van der Waals surface area contributed by atoms with E-state index in [-0.39, 0.29) is 11.2 Å². The molecule has 1 aromatic carbocycles. The van der Waals surface area contributed by atoms with Crippen molar-refractivity contribution in [2.75, 3.05) is 13.1 Å². The fraction of sp³-hybridized carbons (Fsp3) is 0.467. The molecule has 0 aliphatic carbocycles. The predicted octanol–water partition coefficient (Wildman–Crippen LogP) is 4.32. The smallest absolute Gasteiger partial charge is 0.126 e. The van der Waals surface area contributed by atoms with E-state index >= 15 is 0 Å². The molecule has 0 heterocycles. The van der Waals surface area contributed by atoms with Gasteiger partial charge in [-0.05, 0) is 43.1 Å². The Morgan fingerprint density at radius 1 is 1.50 bits per heavy atom. The van der Waals surface area contributed by atoms with Crippen molar-refractivity contribution in [2.24, 2.45) is 5.41 Å². The molecule has 0 radical (unpaired) electrons. The van der Waals surface area contributed by atoms with Gasteiger partial charge in [0, 0.05) is 16.4 Å². The largest absolute Gasteiger partial charge is 0.316 e. The second kappa shape index (κ2) is 7.05. The first kappa shape index (κ1) is 15.4. The van der Waals surface area contributed by atoms with Crippen molar-refractivity contribution in [1.29, 1.82) is 0 Å². The summed E-state index contributed by atoms with van der Waals surface area (Å²) in [5, 5.41) is 3.38. The van der Waals surface area contributed by atoms with E-state index in [1.807, 2.05) is 12.1 Å². The second-order valence-electron chi connectivity index (χ2n) is 4.95. The molecule has 0 bridgehead atoms. The van der Waals surface area contributed by atoms with Crippen LogP contribution in [0.15, 0.2) is 35.3 Å². The summed E-state index contributed by atoms with van der Waals surface area (Å²) in [6.45, 7) is 9.91. The van der Waals surface area contributed by atoms with Crippen molar-refractivity contribution in [3.8, 4) is 0 Å². The topological polar surface area (TPSA) is 12.0 Å². The first-order valence-electron chi connectivity index (χ1n) is 6.29. The standard InChI is InChI=1S/C15H21BrFN/c1-4-8-18-11-15(3,5-2)10-12-9-13(16)6-7-14(12)17/h5-7,9,18H,2,4,8,10-11H2,1,3H3. The number of hydrogen-bond acceptors (Lipinski definition) is 1. The Balaban J connectivity index is 2.77. The number of rotatable bonds is 7. The van der Waals surface area contributed by atoms with Crippen LogP contribution < -0.4 is 5.32 Å². The fourth-order valence-electron chi connectivity index (χ4n) is 1.87. The Morgan fingerprint density at radius 2 is 2.22 bits per heavy atom. The van der Waals surface area contributed by atoms with Gasteiger partial charge in [0.15, 0.2) is 0 Å². The van der Waals surface area contributed by atoms with Crippen LogP contribution in [0, 0.1) is 11.2 Å². The third-order valence-electron chi connectivity index (χ3n) is 3.05. The third-order valence-corrected chi connectivity index (χ3v) is 3.54. The van der Waals surface area contributed by atoms with Crippen LogP contribution in [0.1, 0.15) is 25.8 Å². The summed E-state index contributed by atoms with van der Waals surface area (Å²) < 4.78 is 14.7. The van der Waals surface area contributed by atoms with Crippen LogP contribution in [0.2, 0.25) is 0 Å². The summed E-state index contributed by atoms with van der Waals surface area (Å²) in [6.07, 6.45) is 3.66. The molecule has 0 aromatic heterocycles. The van der Waals surface area contributed by atoms with E-state index in [2.05, 4.69) is 41.7 Å². The van der Waals surface area contributed by atoms with E-state index < -0.39 is 0 Å². The lowest BCUT2D eigenvalue weighted by Gasteiger charge is -2.26. The monoisotopic (exact) mass is 313 g/mol. The Bertz CT molecular complexity index is 405. The van der Waals surface area contributed by atoms with Gasteiger partial charge >= 0.3 is 0 Å². The lowest BCUT2D eigenvalue weighted by molar-refractivity contribution is 0.385. The zero-order valence-electron chi connectivity index (χ0n) is 11.1. The molecule has 100 valence electrons. The highest BCUT2D eigenvalue weighted by Gasteiger charge is 2.22. The average molecular weight is 314 g/mol. The van der Waals surface area contributed by atoms with Crippen LogP contribution in [0.3, 0.4) is 0 Å². The first-order valence-corrected chi connectivity index (χ1v) is 7.08. The molecule has 0 saturated carbocycles. The van der Waals surface area contributed by atoms with E-state index in [0.29, 0.717) is 6.42 Å². The molecule has 1 aromatic rings. The van der Waals surface area contributed by atoms with Gasteiger partial charge in [0.1, 0.15) is 5.82 Å². The molecule has 0 spiro atoms. The number of nitrogens with one attached hydrogen (secondary N) is 1. The minimum absolute atomic E-state index is 0.128. The Hall–Kier alpha value is -0.670. The molecular formula is C15H21BrFN. The minimum Gasteiger partial charge on any atom is -0.316 e. The van der Waals surface area contributed by atoms with E-state index in [4.69, 9.17) is 0 Å². The molecule has 0 amide bonds. The Morgan fingerprint density at radius 3 is 2.83 bits per heavy atom. The highest BCUT2D eigenvalue weighted by atomic mass is 79.9. The van der Waals surface area contributed by atoms with Crippen LogP contribution in [-0.4, -0.2) is 13.1 Å². The maximum Gasteiger partial charge on any atom is 0.126 e. The molecule has 1 unspecified atom stereocenters. The Kier molecular flexibility index (Phi) is 6.03. The first-order chi connectivity index (χ1) is 8.50. The molecule has 18 heavy (non-hydrogen) atoms. The summed E-state index contributed by atoms with van der Waals surface area (Å²) in [6, 6.07) is 5.07. The lowest BCUT2D eigenvalue weighted by Crippen LogP contribution is -2.32. The number of halogens is 2. The summed E-state index contributed by atoms with van der Waals surface area (Å²) in [4.78, 5) is 0. The van der Waals surface area contributed by atoms with Crippen LogP contribution in [0.5, 0.6) is 0 Å². The molecule has 1 nitrogen and oxygen atoms in total. The predicted molar refractivity (Wildman–Crippen MR) is 79.3 cm³/mol. The van der Waals surface area contributed by atoms with Crippen LogP contribution in [0.25, 0.3) is 0 Å². The van der Waals surface area contributed by atoms with Gasteiger partial charge in [0.05, 0.1) is 0 Å². The normalized spacial score (nSPS) is 14.2. The SMILES string of the molecule is C=CC(C)(CNCCC)Cc1cc(Br)ccc1F. The minimum atomic E-state index is -0.151. The molecule has 0 fully saturated rings. The molecule has 0 aliphatic heterocycles.